The Bertz CT molecular complexity index is 249. The van der Waals surface area contributed by atoms with E-state index in [0.717, 1.165) is 0 Å². The lowest BCUT2D eigenvalue weighted by Gasteiger charge is -2.43. The van der Waals surface area contributed by atoms with E-state index >= 15 is 0 Å². The van der Waals surface area contributed by atoms with Gasteiger partial charge in [-0.2, -0.15) is 0 Å². The van der Waals surface area contributed by atoms with Gasteiger partial charge in [0.05, 0.1) is 37.9 Å². The third kappa shape index (κ3) is 2.91. The molecule has 2 aliphatic rings. The van der Waals surface area contributed by atoms with Gasteiger partial charge in [0.2, 0.25) is 0 Å². The van der Waals surface area contributed by atoms with Gasteiger partial charge < -0.3 is 25.2 Å². The van der Waals surface area contributed by atoms with Crippen LogP contribution >= 0.6 is 0 Å². The molecule has 0 saturated carbocycles. The van der Waals surface area contributed by atoms with Gasteiger partial charge in [0.15, 0.2) is 0 Å². The Hall–Kier alpha value is -0.690. The second kappa shape index (κ2) is 5.09. The topological polar surface area (TPSA) is 79.8 Å². The number of carboxylic acid groups (broad SMARTS) is 1. The molecule has 0 spiro atoms. The van der Waals surface area contributed by atoms with Gasteiger partial charge in [-0.1, -0.05) is 0 Å². The Morgan fingerprint density at radius 1 is 1.50 bits per heavy atom. The average Bonchev–Trinajstić information content (AvgIpc) is 2.23. The summed E-state index contributed by atoms with van der Waals surface area (Å²) < 4.78 is 10.8. The van der Waals surface area contributed by atoms with E-state index in [9.17, 15) is 4.79 Å². The van der Waals surface area contributed by atoms with Gasteiger partial charge in [-0.15, -0.1) is 0 Å². The van der Waals surface area contributed by atoms with E-state index in [0.29, 0.717) is 39.5 Å². The van der Waals surface area contributed by atoms with Crippen LogP contribution in [0.25, 0.3) is 0 Å². The molecule has 2 saturated heterocycles. The van der Waals surface area contributed by atoms with E-state index in [1.54, 1.807) is 0 Å². The fourth-order valence-electron chi connectivity index (χ4n) is 2.01. The average molecular weight is 230 g/mol. The minimum absolute atomic E-state index is 0.0417. The van der Waals surface area contributed by atoms with Gasteiger partial charge in [-0.05, 0) is 0 Å². The normalized spacial score (nSPS) is 28.4. The quantitative estimate of drug-likeness (QED) is 0.551. The third-order valence-corrected chi connectivity index (χ3v) is 3.01. The molecule has 1 unspecified atom stereocenters. The molecule has 2 heterocycles. The summed E-state index contributed by atoms with van der Waals surface area (Å²) in [6.45, 7) is 3.91. The van der Waals surface area contributed by atoms with Crippen molar-refractivity contribution < 1.29 is 19.4 Å². The lowest BCUT2D eigenvalue weighted by molar-refractivity contribution is -0.139. The summed E-state index contributed by atoms with van der Waals surface area (Å²) in [5.74, 6) is -0.769. The molecule has 3 N–H and O–H groups in total. The number of hydrogen-bond acceptors (Lipinski definition) is 5. The molecule has 2 aliphatic heterocycles. The van der Waals surface area contributed by atoms with Gasteiger partial charge in [0.25, 0.3) is 0 Å². The van der Waals surface area contributed by atoms with E-state index in [1.165, 1.54) is 0 Å². The fourth-order valence-corrected chi connectivity index (χ4v) is 2.01. The monoisotopic (exact) mass is 230 g/mol. The molecule has 92 valence electrons. The third-order valence-electron chi connectivity index (χ3n) is 3.01. The Morgan fingerprint density at radius 2 is 2.31 bits per heavy atom. The van der Waals surface area contributed by atoms with Gasteiger partial charge in [-0.25, -0.2) is 0 Å². The van der Waals surface area contributed by atoms with Crippen molar-refractivity contribution in [3.05, 3.63) is 0 Å². The first-order valence-corrected chi connectivity index (χ1v) is 5.57. The minimum Gasteiger partial charge on any atom is -0.481 e. The summed E-state index contributed by atoms with van der Waals surface area (Å²) in [5, 5.41) is 15.2. The molecule has 16 heavy (non-hydrogen) atoms. The number of aliphatic carboxylic acids is 1. The second-order valence-electron chi connectivity index (χ2n) is 4.40. The summed E-state index contributed by atoms with van der Waals surface area (Å²) in [7, 11) is 0. The number of hydrogen-bond donors (Lipinski definition) is 3. The van der Waals surface area contributed by atoms with Crippen molar-refractivity contribution in [3.63, 3.8) is 0 Å². The summed E-state index contributed by atoms with van der Waals surface area (Å²) in [6.07, 6.45) is 0.188. The van der Waals surface area contributed by atoms with Gasteiger partial charge in [0.1, 0.15) is 0 Å². The highest BCUT2D eigenvalue weighted by atomic mass is 16.6. The molecule has 2 fully saturated rings. The molecular weight excluding hydrogens is 212 g/mol. The molecule has 0 aliphatic carbocycles. The van der Waals surface area contributed by atoms with Crippen LogP contribution in [-0.2, 0) is 14.3 Å². The smallest absolute Gasteiger partial charge is 0.305 e. The first-order chi connectivity index (χ1) is 7.70. The van der Waals surface area contributed by atoms with Gasteiger partial charge in [0, 0.05) is 19.6 Å². The molecule has 6 heteroatoms. The molecule has 6 nitrogen and oxygen atoms in total. The largest absolute Gasteiger partial charge is 0.481 e. The van der Waals surface area contributed by atoms with Crippen LogP contribution in [0.5, 0.6) is 0 Å². The molecule has 0 aromatic heterocycles. The van der Waals surface area contributed by atoms with E-state index in [4.69, 9.17) is 14.6 Å². The van der Waals surface area contributed by atoms with Gasteiger partial charge in [-0.3, -0.25) is 4.79 Å². The standard InChI is InChI=1S/C10H18N2O4/c13-9(14)3-10(6-11-7-10)12-4-8-5-15-1-2-16-8/h8,11-12H,1-7H2,(H,13,14). The Morgan fingerprint density at radius 3 is 2.81 bits per heavy atom. The highest BCUT2D eigenvalue weighted by molar-refractivity contribution is 5.68. The predicted octanol–water partition coefficient (Wildman–Crippen LogP) is -1.19. The summed E-state index contributed by atoms with van der Waals surface area (Å²) >= 11 is 0. The summed E-state index contributed by atoms with van der Waals surface area (Å²) in [6, 6.07) is 0. The maximum atomic E-state index is 10.7. The Kier molecular flexibility index (Phi) is 3.75. The zero-order chi connectivity index (χ0) is 11.4. The Labute approximate surface area is 94.3 Å². The molecule has 0 aromatic carbocycles. The summed E-state index contributed by atoms with van der Waals surface area (Å²) in [5.41, 5.74) is -0.299. The number of carboxylic acids is 1. The minimum atomic E-state index is -0.769. The predicted molar refractivity (Wildman–Crippen MR) is 56.4 cm³/mol. The van der Waals surface area contributed by atoms with Crippen LogP contribution in [0.4, 0.5) is 0 Å². The zero-order valence-corrected chi connectivity index (χ0v) is 9.20. The van der Waals surface area contributed by atoms with Crippen molar-refractivity contribution in [2.24, 2.45) is 0 Å². The molecular formula is C10H18N2O4. The van der Waals surface area contributed by atoms with Crippen LogP contribution in [0.2, 0.25) is 0 Å². The van der Waals surface area contributed by atoms with Crippen LogP contribution in [0, 0.1) is 0 Å². The lowest BCUT2D eigenvalue weighted by atomic mass is 9.88. The van der Waals surface area contributed by atoms with Crippen molar-refractivity contribution >= 4 is 5.97 Å². The van der Waals surface area contributed by atoms with Crippen molar-refractivity contribution in [1.29, 1.82) is 0 Å². The SMILES string of the molecule is O=C(O)CC1(NCC2COCCO2)CNC1. The van der Waals surface area contributed by atoms with Crippen LogP contribution in [0.1, 0.15) is 6.42 Å². The Balaban J connectivity index is 1.75. The molecule has 0 radical (unpaired) electrons. The van der Waals surface area contributed by atoms with E-state index < -0.39 is 5.97 Å². The first-order valence-electron chi connectivity index (χ1n) is 5.57. The number of rotatable bonds is 5. The molecule has 2 rings (SSSR count). The fraction of sp³-hybridized carbons (Fsp3) is 0.900. The number of carbonyl (C=O) groups is 1. The van der Waals surface area contributed by atoms with Gasteiger partial charge >= 0.3 is 5.97 Å². The van der Waals surface area contributed by atoms with Crippen LogP contribution < -0.4 is 10.6 Å². The maximum Gasteiger partial charge on any atom is 0.305 e. The van der Waals surface area contributed by atoms with Crippen LogP contribution in [-0.4, -0.2) is 62.2 Å². The van der Waals surface area contributed by atoms with E-state index in [2.05, 4.69) is 10.6 Å². The molecule has 0 aromatic rings. The summed E-state index contributed by atoms with van der Waals surface area (Å²) in [4.78, 5) is 10.7. The highest BCUT2D eigenvalue weighted by Gasteiger charge is 2.39. The second-order valence-corrected chi connectivity index (χ2v) is 4.40. The van der Waals surface area contributed by atoms with E-state index in [-0.39, 0.29) is 18.1 Å². The van der Waals surface area contributed by atoms with Crippen LogP contribution in [0.3, 0.4) is 0 Å². The van der Waals surface area contributed by atoms with Crippen molar-refractivity contribution in [2.75, 3.05) is 39.5 Å². The first kappa shape index (κ1) is 11.8. The number of ether oxygens (including phenoxy) is 2. The van der Waals surface area contributed by atoms with Crippen molar-refractivity contribution in [3.8, 4) is 0 Å². The zero-order valence-electron chi connectivity index (χ0n) is 9.20. The van der Waals surface area contributed by atoms with Crippen LogP contribution in [0.15, 0.2) is 0 Å². The van der Waals surface area contributed by atoms with Crippen molar-refractivity contribution in [1.82, 2.24) is 10.6 Å². The maximum absolute atomic E-state index is 10.7. The molecule has 0 amide bonds. The van der Waals surface area contributed by atoms with Crippen molar-refractivity contribution in [2.45, 2.75) is 18.1 Å². The van der Waals surface area contributed by atoms with E-state index in [1.807, 2.05) is 0 Å². The number of nitrogens with one attached hydrogen (secondary N) is 2. The highest BCUT2D eigenvalue weighted by Crippen LogP contribution is 2.16. The molecule has 0 bridgehead atoms. The molecule has 1 atom stereocenters. The lowest BCUT2D eigenvalue weighted by Crippen LogP contribution is -2.69.